The van der Waals surface area contributed by atoms with Crippen LogP contribution in [0, 0.1) is 6.92 Å². The Morgan fingerprint density at radius 2 is 1.83 bits per heavy atom. The Hall–Kier alpha value is -3.52. The summed E-state index contributed by atoms with van der Waals surface area (Å²) in [5, 5.41) is 4.98. The molecule has 1 aliphatic heterocycles. The average molecular weight is 508 g/mol. The van der Waals surface area contributed by atoms with E-state index in [0.29, 0.717) is 30.3 Å². The van der Waals surface area contributed by atoms with E-state index in [9.17, 15) is 9.59 Å². The van der Waals surface area contributed by atoms with E-state index in [1.54, 1.807) is 23.3 Å². The van der Waals surface area contributed by atoms with Gasteiger partial charge in [0.2, 0.25) is 5.91 Å². The lowest BCUT2D eigenvalue weighted by molar-refractivity contribution is -0.135. The van der Waals surface area contributed by atoms with Gasteiger partial charge >= 0.3 is 6.03 Å². The van der Waals surface area contributed by atoms with Crippen molar-refractivity contribution in [3.8, 4) is 11.5 Å². The molecule has 8 heteroatoms. The van der Waals surface area contributed by atoms with Gasteiger partial charge < -0.3 is 24.6 Å². The summed E-state index contributed by atoms with van der Waals surface area (Å²) >= 11 is 1.71. The lowest BCUT2D eigenvalue weighted by Gasteiger charge is -2.37. The zero-order valence-electron chi connectivity index (χ0n) is 21.2. The summed E-state index contributed by atoms with van der Waals surface area (Å²) in [4.78, 5) is 31.4. The summed E-state index contributed by atoms with van der Waals surface area (Å²) in [5.74, 6) is 1.18. The quantitative estimate of drug-likeness (QED) is 0.436. The summed E-state index contributed by atoms with van der Waals surface area (Å²) < 4.78 is 11.6. The Balaban J connectivity index is 1.50. The third-order valence-electron chi connectivity index (χ3n) is 6.37. The molecular weight excluding hydrogens is 474 g/mol. The third kappa shape index (κ3) is 5.82. The fourth-order valence-electron chi connectivity index (χ4n) is 4.34. The van der Waals surface area contributed by atoms with Crippen molar-refractivity contribution in [1.82, 2.24) is 9.80 Å². The Morgan fingerprint density at radius 1 is 1.11 bits per heavy atom. The fourth-order valence-corrected chi connectivity index (χ4v) is 5.27. The highest BCUT2D eigenvalue weighted by molar-refractivity contribution is 7.10. The molecule has 190 valence electrons. The summed E-state index contributed by atoms with van der Waals surface area (Å²) in [5.41, 5.74) is 2.92. The molecule has 36 heavy (non-hydrogen) atoms. The maximum atomic E-state index is 13.6. The highest BCUT2D eigenvalue weighted by atomic mass is 32.1. The van der Waals surface area contributed by atoms with E-state index in [1.165, 1.54) is 4.88 Å². The number of ether oxygens (including phenoxy) is 2. The molecule has 0 radical (unpaired) electrons. The molecule has 2 heterocycles. The number of benzene rings is 2. The van der Waals surface area contributed by atoms with Gasteiger partial charge in [0.1, 0.15) is 13.2 Å². The molecule has 0 fully saturated rings. The number of carbonyl (C=O) groups excluding carboxylic acids is 2. The molecule has 4 rings (SSSR count). The zero-order chi connectivity index (χ0) is 25.7. The lowest BCUT2D eigenvalue weighted by atomic mass is 10.0. The van der Waals surface area contributed by atoms with Gasteiger partial charge in [-0.2, -0.15) is 0 Å². The maximum Gasteiger partial charge on any atom is 0.322 e. The van der Waals surface area contributed by atoms with Crippen molar-refractivity contribution >= 4 is 29.0 Å². The van der Waals surface area contributed by atoms with Crippen molar-refractivity contribution in [3.63, 3.8) is 0 Å². The summed E-state index contributed by atoms with van der Waals surface area (Å²) in [6.45, 7) is 6.69. The minimum absolute atomic E-state index is 0.0139. The average Bonchev–Trinajstić information content (AvgIpc) is 3.36. The normalized spacial score (nSPS) is 14.8. The van der Waals surface area contributed by atoms with Gasteiger partial charge in [-0.25, -0.2) is 4.79 Å². The zero-order valence-corrected chi connectivity index (χ0v) is 22.0. The van der Waals surface area contributed by atoms with Crippen molar-refractivity contribution < 1.29 is 19.1 Å². The smallest absolute Gasteiger partial charge is 0.322 e. The van der Waals surface area contributed by atoms with Gasteiger partial charge in [0.05, 0.1) is 13.2 Å². The Morgan fingerprint density at radius 3 is 2.53 bits per heavy atom. The van der Waals surface area contributed by atoms with Crippen LogP contribution < -0.4 is 14.8 Å². The van der Waals surface area contributed by atoms with Crippen LogP contribution in [-0.2, 0) is 11.2 Å². The molecule has 0 unspecified atom stereocenters. The first-order valence-electron chi connectivity index (χ1n) is 12.1. The monoisotopic (exact) mass is 507 g/mol. The molecule has 1 aromatic heterocycles. The lowest BCUT2D eigenvalue weighted by Crippen LogP contribution is -2.50. The number of aryl methyl sites for hydroxylation is 1. The molecule has 1 atom stereocenters. The number of hydrogen-bond donors (Lipinski definition) is 1. The van der Waals surface area contributed by atoms with Crippen molar-refractivity contribution in [3.05, 3.63) is 76.0 Å². The van der Waals surface area contributed by atoms with Crippen LogP contribution in [0.4, 0.5) is 10.5 Å². The van der Waals surface area contributed by atoms with Crippen LogP contribution in [0.2, 0.25) is 0 Å². The highest BCUT2D eigenvalue weighted by Crippen LogP contribution is 2.35. The standard InChI is InChI=1S/C28H33N3O4S/c1-19(2)31(28(33)29-21-11-9-20(3)10-12-21)17-27(32)30-15-13-26-22(14-16-36-26)23(30)18-35-25-8-6-5-7-24(25)34-4/h5-12,14,16,19,23H,13,15,17-18H2,1-4H3,(H,29,33)/t23-/m0/s1. The number of para-hydroxylation sites is 2. The number of hydrogen-bond acceptors (Lipinski definition) is 5. The second-order valence-electron chi connectivity index (χ2n) is 9.13. The van der Waals surface area contributed by atoms with Crippen molar-refractivity contribution in [2.75, 3.05) is 32.1 Å². The Labute approximate surface area is 216 Å². The van der Waals surface area contributed by atoms with Gasteiger partial charge in [0, 0.05) is 23.2 Å². The number of thiophene rings is 1. The number of carbonyl (C=O) groups is 2. The van der Waals surface area contributed by atoms with E-state index in [0.717, 1.165) is 17.5 Å². The van der Waals surface area contributed by atoms with Gasteiger partial charge in [-0.1, -0.05) is 29.8 Å². The number of fused-ring (bicyclic) bond motifs is 1. The predicted octanol–water partition coefficient (Wildman–Crippen LogP) is 5.51. The molecule has 0 saturated carbocycles. The van der Waals surface area contributed by atoms with Gasteiger partial charge in [-0.15, -0.1) is 11.3 Å². The fraction of sp³-hybridized carbons (Fsp3) is 0.357. The molecule has 1 aliphatic rings. The summed E-state index contributed by atoms with van der Waals surface area (Å²) in [7, 11) is 1.61. The van der Waals surface area contributed by atoms with Crippen LogP contribution in [0.3, 0.4) is 0 Å². The number of urea groups is 1. The van der Waals surface area contributed by atoms with Gasteiger partial charge in [0.25, 0.3) is 0 Å². The molecule has 3 amide bonds. The molecule has 3 aromatic rings. The third-order valence-corrected chi connectivity index (χ3v) is 7.37. The Bertz CT molecular complexity index is 1190. The maximum absolute atomic E-state index is 13.6. The molecule has 0 aliphatic carbocycles. The van der Waals surface area contributed by atoms with Crippen molar-refractivity contribution in [2.45, 2.75) is 39.3 Å². The molecule has 7 nitrogen and oxygen atoms in total. The van der Waals surface area contributed by atoms with Crippen molar-refractivity contribution in [2.24, 2.45) is 0 Å². The Kier molecular flexibility index (Phi) is 8.15. The van der Waals surface area contributed by atoms with Gasteiger partial charge in [-0.3, -0.25) is 4.79 Å². The molecule has 1 N–H and O–H groups in total. The molecule has 2 aromatic carbocycles. The number of nitrogens with zero attached hydrogens (tertiary/aromatic N) is 2. The number of anilines is 1. The number of nitrogens with one attached hydrogen (secondary N) is 1. The first kappa shape index (κ1) is 25.6. The highest BCUT2D eigenvalue weighted by Gasteiger charge is 2.34. The number of methoxy groups -OCH3 is 1. The summed E-state index contributed by atoms with van der Waals surface area (Å²) in [6.07, 6.45) is 0.793. The largest absolute Gasteiger partial charge is 0.493 e. The molecule has 0 spiro atoms. The number of amides is 3. The SMILES string of the molecule is COc1ccccc1OC[C@H]1c2ccsc2CCN1C(=O)CN(C(=O)Nc1ccc(C)cc1)C(C)C. The molecule has 0 saturated heterocycles. The van der Waals surface area contributed by atoms with E-state index >= 15 is 0 Å². The molecular formula is C28H33N3O4S. The predicted molar refractivity (Wildman–Crippen MR) is 143 cm³/mol. The van der Waals surface area contributed by atoms with Crippen LogP contribution in [0.15, 0.2) is 60.0 Å². The van der Waals surface area contributed by atoms with Crippen molar-refractivity contribution in [1.29, 1.82) is 0 Å². The minimum Gasteiger partial charge on any atom is -0.493 e. The van der Waals surface area contributed by atoms with Crippen LogP contribution in [0.25, 0.3) is 0 Å². The van der Waals surface area contributed by atoms with Crippen LogP contribution in [0.5, 0.6) is 11.5 Å². The van der Waals surface area contributed by atoms with E-state index in [2.05, 4.69) is 16.8 Å². The first-order valence-corrected chi connectivity index (χ1v) is 13.0. The minimum atomic E-state index is -0.294. The van der Waals surface area contributed by atoms with E-state index < -0.39 is 0 Å². The second kappa shape index (κ2) is 11.5. The number of rotatable bonds is 8. The van der Waals surface area contributed by atoms with Gasteiger partial charge in [0.15, 0.2) is 11.5 Å². The van der Waals surface area contributed by atoms with Crippen LogP contribution in [-0.4, -0.2) is 54.6 Å². The van der Waals surface area contributed by atoms with E-state index in [1.807, 2.05) is 74.2 Å². The molecule has 0 bridgehead atoms. The van der Waals surface area contributed by atoms with E-state index in [4.69, 9.17) is 9.47 Å². The van der Waals surface area contributed by atoms with Crippen LogP contribution >= 0.6 is 11.3 Å². The van der Waals surface area contributed by atoms with Gasteiger partial charge in [-0.05, 0) is 68.5 Å². The van der Waals surface area contributed by atoms with Crippen LogP contribution in [0.1, 0.15) is 35.9 Å². The van der Waals surface area contributed by atoms with E-state index in [-0.39, 0.29) is 30.6 Å². The first-order chi connectivity index (χ1) is 17.4. The summed E-state index contributed by atoms with van der Waals surface area (Å²) in [6, 6.07) is 16.5. The topological polar surface area (TPSA) is 71.1 Å². The second-order valence-corrected chi connectivity index (χ2v) is 10.1.